The highest BCUT2D eigenvalue weighted by atomic mass is 16.6. The second-order valence-electron chi connectivity index (χ2n) is 4.29. The molecule has 0 spiro atoms. The third-order valence-electron chi connectivity index (χ3n) is 2.93. The quantitative estimate of drug-likeness (QED) is 0.629. The van der Waals surface area contributed by atoms with Crippen LogP contribution < -0.4 is 5.32 Å². The van der Waals surface area contributed by atoms with Gasteiger partial charge < -0.3 is 15.3 Å². The number of nitrogens with one attached hydrogen (secondary N) is 1. The molecule has 96 valence electrons. The fourth-order valence-electron chi connectivity index (χ4n) is 1.86. The van der Waals surface area contributed by atoms with Crippen molar-refractivity contribution >= 4 is 17.5 Å². The molecule has 0 unspecified atom stereocenters. The summed E-state index contributed by atoms with van der Waals surface area (Å²) in [6, 6.07) is 4.92. The average molecular weight is 251 g/mol. The van der Waals surface area contributed by atoms with Crippen molar-refractivity contribution in [3.8, 4) is 0 Å². The molecule has 2 N–H and O–H groups in total. The third-order valence-corrected chi connectivity index (χ3v) is 2.93. The van der Waals surface area contributed by atoms with Crippen LogP contribution in [0.5, 0.6) is 0 Å². The van der Waals surface area contributed by atoms with E-state index in [4.69, 9.17) is 5.11 Å². The van der Waals surface area contributed by atoms with E-state index >= 15 is 0 Å². The standard InChI is InChI=1S/C11H13N3O4/c1-7-2-3-8(4-10(7)14(17)18)12-9-5-13(6-9)11(15)16/h2-4,9,12H,5-6H2,1H3,(H,15,16). The first kappa shape index (κ1) is 12.2. The Balaban J connectivity index is 2.01. The van der Waals surface area contributed by atoms with Crippen molar-refractivity contribution in [1.82, 2.24) is 4.90 Å². The molecule has 1 fully saturated rings. The molecular formula is C11H13N3O4. The minimum Gasteiger partial charge on any atom is -0.465 e. The maximum Gasteiger partial charge on any atom is 0.407 e. The Kier molecular flexibility index (Phi) is 3.05. The van der Waals surface area contributed by atoms with Crippen molar-refractivity contribution in [2.24, 2.45) is 0 Å². The molecule has 0 radical (unpaired) electrons. The van der Waals surface area contributed by atoms with Crippen molar-refractivity contribution in [3.05, 3.63) is 33.9 Å². The molecule has 0 aromatic heterocycles. The fourth-order valence-corrected chi connectivity index (χ4v) is 1.86. The number of hydrogen-bond acceptors (Lipinski definition) is 4. The predicted octanol–water partition coefficient (Wildman–Crippen LogP) is 1.68. The van der Waals surface area contributed by atoms with Crippen LogP contribution in [0.25, 0.3) is 0 Å². The number of hydrogen-bond donors (Lipinski definition) is 2. The number of anilines is 1. The Morgan fingerprint density at radius 2 is 2.22 bits per heavy atom. The largest absolute Gasteiger partial charge is 0.465 e. The molecule has 1 amide bonds. The number of benzene rings is 1. The van der Waals surface area contributed by atoms with Crippen LogP contribution >= 0.6 is 0 Å². The van der Waals surface area contributed by atoms with Gasteiger partial charge in [-0.2, -0.15) is 0 Å². The van der Waals surface area contributed by atoms with E-state index in [-0.39, 0.29) is 11.7 Å². The minimum absolute atomic E-state index is 0.0170. The molecule has 0 saturated carbocycles. The van der Waals surface area contributed by atoms with Crippen molar-refractivity contribution in [1.29, 1.82) is 0 Å². The topological polar surface area (TPSA) is 95.7 Å². The van der Waals surface area contributed by atoms with Gasteiger partial charge in [0.15, 0.2) is 0 Å². The van der Waals surface area contributed by atoms with Gasteiger partial charge in [0.2, 0.25) is 0 Å². The van der Waals surface area contributed by atoms with E-state index in [1.165, 1.54) is 11.0 Å². The third kappa shape index (κ3) is 2.34. The van der Waals surface area contributed by atoms with Crippen molar-refractivity contribution in [3.63, 3.8) is 0 Å². The molecule has 7 nitrogen and oxygen atoms in total. The van der Waals surface area contributed by atoms with Gasteiger partial charge in [-0.15, -0.1) is 0 Å². The Hall–Kier alpha value is -2.31. The summed E-state index contributed by atoms with van der Waals surface area (Å²) in [6.45, 7) is 2.48. The summed E-state index contributed by atoms with van der Waals surface area (Å²) in [7, 11) is 0. The summed E-state index contributed by atoms with van der Waals surface area (Å²) in [4.78, 5) is 22.2. The summed E-state index contributed by atoms with van der Waals surface area (Å²) < 4.78 is 0. The molecule has 1 aliphatic heterocycles. The van der Waals surface area contributed by atoms with Gasteiger partial charge in [-0.1, -0.05) is 6.07 Å². The Morgan fingerprint density at radius 1 is 1.56 bits per heavy atom. The monoisotopic (exact) mass is 251 g/mol. The van der Waals surface area contributed by atoms with Crippen molar-refractivity contribution < 1.29 is 14.8 Å². The first-order chi connectivity index (χ1) is 8.47. The minimum atomic E-state index is -0.942. The van der Waals surface area contributed by atoms with Gasteiger partial charge in [0.25, 0.3) is 5.69 Å². The molecule has 2 rings (SSSR count). The summed E-state index contributed by atoms with van der Waals surface area (Å²) in [5, 5.41) is 22.5. The molecule has 1 saturated heterocycles. The van der Waals surface area contributed by atoms with E-state index in [1.807, 2.05) is 0 Å². The highest BCUT2D eigenvalue weighted by Crippen LogP contribution is 2.24. The van der Waals surface area contributed by atoms with E-state index in [0.29, 0.717) is 24.3 Å². The van der Waals surface area contributed by atoms with Gasteiger partial charge in [-0.3, -0.25) is 10.1 Å². The second kappa shape index (κ2) is 4.52. The van der Waals surface area contributed by atoms with Gasteiger partial charge in [-0.25, -0.2) is 4.79 Å². The van der Waals surface area contributed by atoms with Crippen molar-refractivity contribution in [2.75, 3.05) is 18.4 Å². The van der Waals surface area contributed by atoms with Gasteiger partial charge >= 0.3 is 6.09 Å². The molecule has 0 atom stereocenters. The molecule has 1 aromatic carbocycles. The fraction of sp³-hybridized carbons (Fsp3) is 0.364. The lowest BCUT2D eigenvalue weighted by Crippen LogP contribution is -2.56. The zero-order chi connectivity index (χ0) is 13.3. The van der Waals surface area contributed by atoms with Crippen LogP contribution in [0, 0.1) is 17.0 Å². The molecule has 0 aliphatic carbocycles. The van der Waals surface area contributed by atoms with Gasteiger partial charge in [0, 0.05) is 30.4 Å². The smallest absolute Gasteiger partial charge is 0.407 e. The van der Waals surface area contributed by atoms with Crippen molar-refractivity contribution in [2.45, 2.75) is 13.0 Å². The number of nitro groups is 1. The summed E-state index contributed by atoms with van der Waals surface area (Å²) in [5.74, 6) is 0. The number of rotatable bonds is 3. The first-order valence-corrected chi connectivity index (χ1v) is 5.47. The summed E-state index contributed by atoms with van der Waals surface area (Å²) in [5.41, 5.74) is 1.31. The number of amides is 1. The maximum absolute atomic E-state index is 10.8. The lowest BCUT2D eigenvalue weighted by atomic mass is 10.1. The van der Waals surface area contributed by atoms with Gasteiger partial charge in [0.05, 0.1) is 11.0 Å². The zero-order valence-electron chi connectivity index (χ0n) is 9.79. The van der Waals surface area contributed by atoms with Crippen LogP contribution in [0.4, 0.5) is 16.2 Å². The van der Waals surface area contributed by atoms with E-state index in [1.54, 1.807) is 19.1 Å². The van der Waals surface area contributed by atoms with Crippen LogP contribution in [-0.4, -0.2) is 40.2 Å². The molecule has 0 bridgehead atoms. The molecule has 1 aliphatic rings. The first-order valence-electron chi connectivity index (χ1n) is 5.47. The molecule has 1 aromatic rings. The van der Waals surface area contributed by atoms with Crippen LogP contribution in [0.15, 0.2) is 18.2 Å². The maximum atomic E-state index is 10.8. The lowest BCUT2D eigenvalue weighted by Gasteiger charge is -2.37. The highest BCUT2D eigenvalue weighted by Gasteiger charge is 2.30. The normalized spacial score (nSPS) is 15.1. The Labute approximate surface area is 103 Å². The molecule has 7 heteroatoms. The van der Waals surface area contributed by atoms with Gasteiger partial charge in [-0.05, 0) is 13.0 Å². The van der Waals surface area contributed by atoms with E-state index in [9.17, 15) is 14.9 Å². The van der Waals surface area contributed by atoms with E-state index < -0.39 is 11.0 Å². The average Bonchev–Trinajstić information content (AvgIpc) is 2.23. The number of likely N-dealkylation sites (tertiary alicyclic amines) is 1. The van der Waals surface area contributed by atoms with Crippen LogP contribution in [0.3, 0.4) is 0 Å². The zero-order valence-corrected chi connectivity index (χ0v) is 9.79. The molecular weight excluding hydrogens is 238 g/mol. The molecule has 18 heavy (non-hydrogen) atoms. The Morgan fingerprint density at radius 3 is 2.78 bits per heavy atom. The SMILES string of the molecule is Cc1ccc(NC2CN(C(=O)O)C2)cc1[N+](=O)[O-]. The number of nitrogens with zero attached hydrogens (tertiary/aromatic N) is 2. The van der Waals surface area contributed by atoms with E-state index in [0.717, 1.165) is 0 Å². The number of carboxylic acid groups (broad SMARTS) is 1. The number of carbonyl (C=O) groups is 1. The molecule has 1 heterocycles. The number of aryl methyl sites for hydroxylation is 1. The van der Waals surface area contributed by atoms with Crippen LogP contribution in [0.2, 0.25) is 0 Å². The van der Waals surface area contributed by atoms with E-state index in [2.05, 4.69) is 5.32 Å². The second-order valence-corrected chi connectivity index (χ2v) is 4.29. The van der Waals surface area contributed by atoms with Crippen LogP contribution in [-0.2, 0) is 0 Å². The number of nitro benzene ring substituents is 1. The van der Waals surface area contributed by atoms with Gasteiger partial charge in [0.1, 0.15) is 0 Å². The Bertz CT molecular complexity index is 497. The predicted molar refractivity (Wildman–Crippen MR) is 64.8 cm³/mol. The lowest BCUT2D eigenvalue weighted by molar-refractivity contribution is -0.385. The van der Waals surface area contributed by atoms with Crippen LogP contribution in [0.1, 0.15) is 5.56 Å². The summed E-state index contributed by atoms with van der Waals surface area (Å²) in [6.07, 6.45) is -0.942. The summed E-state index contributed by atoms with van der Waals surface area (Å²) >= 11 is 0. The highest BCUT2D eigenvalue weighted by molar-refractivity contribution is 5.67.